The average Bonchev–Trinajstić information content (AvgIpc) is 3.31. The van der Waals surface area contributed by atoms with E-state index in [9.17, 15) is 18.0 Å². The van der Waals surface area contributed by atoms with Gasteiger partial charge in [-0.2, -0.15) is 24.9 Å². The van der Waals surface area contributed by atoms with Gasteiger partial charge < -0.3 is 13.9 Å². The van der Waals surface area contributed by atoms with Gasteiger partial charge in [-0.05, 0) is 49.2 Å². The average molecular weight is 535 g/mol. The number of aromatic nitrogens is 1. The Morgan fingerprint density at radius 3 is 2.49 bits per heavy atom. The molecule has 1 aromatic heterocycles. The molecule has 0 radical (unpaired) electrons. The summed E-state index contributed by atoms with van der Waals surface area (Å²) in [4.78, 5) is 18.8. The lowest BCUT2D eigenvalue weighted by Crippen LogP contribution is -2.47. The zero-order valence-corrected chi connectivity index (χ0v) is 21.5. The highest BCUT2D eigenvalue weighted by Crippen LogP contribution is 2.31. The summed E-state index contributed by atoms with van der Waals surface area (Å²) in [7, 11) is 0. The smallest absolute Gasteiger partial charge is 0.416 e. The fraction of sp³-hybridized carbons (Fsp3) is 0.407. The molecule has 1 aliphatic heterocycles. The predicted octanol–water partition coefficient (Wildman–Crippen LogP) is 5.85. The molecule has 1 aliphatic rings. The van der Waals surface area contributed by atoms with Gasteiger partial charge in [0.05, 0.1) is 12.2 Å². The molecular weight excluding hydrogens is 505 g/mol. The van der Waals surface area contributed by atoms with Crippen LogP contribution in [-0.4, -0.2) is 46.6 Å². The van der Waals surface area contributed by atoms with Crippen molar-refractivity contribution in [2.45, 2.75) is 45.1 Å². The molecule has 10 heteroatoms. The van der Waals surface area contributed by atoms with E-state index in [1.807, 2.05) is 31.2 Å². The van der Waals surface area contributed by atoms with E-state index in [-0.39, 0.29) is 12.0 Å². The first-order valence-corrected chi connectivity index (χ1v) is 13.2. The maximum atomic E-state index is 12.9. The lowest BCUT2D eigenvalue weighted by molar-refractivity contribution is -0.149. The van der Waals surface area contributed by atoms with E-state index in [0.29, 0.717) is 48.1 Å². The summed E-state index contributed by atoms with van der Waals surface area (Å²) in [5.74, 6) is 2.66. The third-order valence-electron chi connectivity index (χ3n) is 6.17. The normalized spacial score (nSPS) is 17.4. The summed E-state index contributed by atoms with van der Waals surface area (Å²) in [6, 6.07) is 12.4. The first-order chi connectivity index (χ1) is 17.7. The molecule has 3 aromatic rings. The van der Waals surface area contributed by atoms with Gasteiger partial charge in [-0.15, -0.1) is 0 Å². The maximum absolute atomic E-state index is 12.9. The number of thioether (sulfide) groups is 1. The Hall–Kier alpha value is -2.98. The van der Waals surface area contributed by atoms with E-state index in [0.717, 1.165) is 30.0 Å². The van der Waals surface area contributed by atoms with Crippen LogP contribution in [0.15, 0.2) is 59.3 Å². The molecule has 2 unspecified atom stereocenters. The van der Waals surface area contributed by atoms with Crippen LogP contribution in [0, 0.1) is 6.92 Å². The number of ether oxygens (including phenoxy) is 2. The Balaban J connectivity index is 1.46. The summed E-state index contributed by atoms with van der Waals surface area (Å²) in [5.41, 5.74) is 1.61. The number of oxazole rings is 1. The van der Waals surface area contributed by atoms with Crippen molar-refractivity contribution in [1.82, 2.24) is 9.88 Å². The highest BCUT2D eigenvalue weighted by Gasteiger charge is 2.31. The first-order valence-electron chi connectivity index (χ1n) is 12.0. The topological polar surface area (TPSA) is 64.8 Å². The van der Waals surface area contributed by atoms with E-state index in [4.69, 9.17) is 13.9 Å². The van der Waals surface area contributed by atoms with Crippen LogP contribution in [0.2, 0.25) is 0 Å². The Morgan fingerprint density at radius 1 is 1.16 bits per heavy atom. The molecule has 0 N–H and O–H groups in total. The zero-order chi connectivity index (χ0) is 26.4. The Labute approximate surface area is 218 Å². The monoisotopic (exact) mass is 534 g/mol. The van der Waals surface area contributed by atoms with Crippen LogP contribution >= 0.6 is 11.8 Å². The molecule has 2 aromatic carbocycles. The van der Waals surface area contributed by atoms with Crippen molar-refractivity contribution in [3.8, 4) is 5.75 Å². The summed E-state index contributed by atoms with van der Waals surface area (Å²) < 4.78 is 55.7. The third kappa shape index (κ3) is 7.07. The Bertz CT molecular complexity index is 1170. The number of rotatable bonds is 9. The Kier molecular flexibility index (Phi) is 8.81. The molecule has 1 fully saturated rings. The summed E-state index contributed by atoms with van der Waals surface area (Å²) in [6.07, 6.45) is -3.29. The van der Waals surface area contributed by atoms with Crippen molar-refractivity contribution >= 4 is 17.7 Å². The molecule has 0 aliphatic carbocycles. The van der Waals surface area contributed by atoms with Crippen LogP contribution in [-0.2, 0) is 28.7 Å². The lowest BCUT2D eigenvalue weighted by atomic mass is 10.0. The molecule has 4 rings (SSSR count). The van der Waals surface area contributed by atoms with Gasteiger partial charge in [0.25, 0.3) is 0 Å². The molecule has 37 heavy (non-hydrogen) atoms. The number of halogens is 3. The van der Waals surface area contributed by atoms with E-state index >= 15 is 0 Å². The SMILES string of the molecule is CCOC(=O)C1CSCCN1Cc1ccc(OC(Cc2ccc(C(F)(F)F)cc2)c2ncoc2C)cc1. The molecule has 0 amide bonds. The number of carbonyl (C=O) groups is 1. The van der Waals surface area contributed by atoms with Crippen molar-refractivity contribution in [1.29, 1.82) is 0 Å². The number of nitrogens with zero attached hydrogens (tertiary/aromatic N) is 2. The van der Waals surface area contributed by atoms with Crippen molar-refractivity contribution in [3.63, 3.8) is 0 Å². The summed E-state index contributed by atoms with van der Waals surface area (Å²) in [6.45, 7) is 5.35. The molecule has 1 saturated heterocycles. The quantitative estimate of drug-likeness (QED) is 0.319. The van der Waals surface area contributed by atoms with Crippen LogP contribution in [0.1, 0.15) is 41.2 Å². The minimum Gasteiger partial charge on any atom is -0.484 e. The molecule has 2 heterocycles. The van der Waals surface area contributed by atoms with Crippen molar-refractivity contribution < 1.29 is 31.9 Å². The third-order valence-corrected chi connectivity index (χ3v) is 7.20. The number of alkyl halides is 3. The van der Waals surface area contributed by atoms with Crippen LogP contribution < -0.4 is 4.74 Å². The molecule has 2 atom stereocenters. The molecule has 0 saturated carbocycles. The van der Waals surface area contributed by atoms with E-state index in [1.54, 1.807) is 18.7 Å². The van der Waals surface area contributed by atoms with Crippen LogP contribution in [0.5, 0.6) is 5.75 Å². The molecular formula is C27H29F3N2O4S. The van der Waals surface area contributed by atoms with Crippen LogP contribution in [0.25, 0.3) is 0 Å². The summed E-state index contributed by atoms with van der Waals surface area (Å²) >= 11 is 1.75. The minimum absolute atomic E-state index is 0.191. The first kappa shape index (κ1) is 27.1. The molecule has 0 spiro atoms. The second-order valence-corrected chi connectivity index (χ2v) is 9.91. The fourth-order valence-corrected chi connectivity index (χ4v) is 5.32. The van der Waals surface area contributed by atoms with Gasteiger partial charge in [0, 0.05) is 31.0 Å². The van der Waals surface area contributed by atoms with Crippen LogP contribution in [0.3, 0.4) is 0 Å². The van der Waals surface area contributed by atoms with Crippen molar-refractivity contribution in [2.24, 2.45) is 0 Å². The summed E-state index contributed by atoms with van der Waals surface area (Å²) in [5, 5.41) is 0. The number of benzene rings is 2. The number of hydrogen-bond acceptors (Lipinski definition) is 7. The van der Waals surface area contributed by atoms with Crippen molar-refractivity contribution in [2.75, 3.05) is 24.7 Å². The Morgan fingerprint density at radius 2 is 1.86 bits per heavy atom. The predicted molar refractivity (Wildman–Crippen MR) is 134 cm³/mol. The number of hydrogen-bond donors (Lipinski definition) is 0. The van der Waals surface area contributed by atoms with E-state index < -0.39 is 17.8 Å². The second kappa shape index (κ2) is 12.0. The molecule has 0 bridgehead atoms. The highest BCUT2D eigenvalue weighted by molar-refractivity contribution is 7.99. The van der Waals surface area contributed by atoms with Crippen LogP contribution in [0.4, 0.5) is 13.2 Å². The van der Waals surface area contributed by atoms with Gasteiger partial charge >= 0.3 is 12.1 Å². The van der Waals surface area contributed by atoms with Gasteiger partial charge in [0.2, 0.25) is 0 Å². The fourth-order valence-electron chi connectivity index (χ4n) is 4.22. The van der Waals surface area contributed by atoms with E-state index in [1.165, 1.54) is 18.5 Å². The minimum atomic E-state index is -4.39. The van der Waals surface area contributed by atoms with Gasteiger partial charge in [0.15, 0.2) is 6.39 Å². The number of esters is 1. The van der Waals surface area contributed by atoms with E-state index in [2.05, 4.69) is 9.88 Å². The molecule has 198 valence electrons. The van der Waals surface area contributed by atoms with Gasteiger partial charge in [-0.3, -0.25) is 9.69 Å². The molecule has 6 nitrogen and oxygen atoms in total. The maximum Gasteiger partial charge on any atom is 0.416 e. The van der Waals surface area contributed by atoms with Gasteiger partial charge in [-0.25, -0.2) is 4.98 Å². The number of carbonyl (C=O) groups excluding carboxylic acids is 1. The zero-order valence-electron chi connectivity index (χ0n) is 20.7. The number of aryl methyl sites for hydroxylation is 1. The largest absolute Gasteiger partial charge is 0.484 e. The standard InChI is InChI=1S/C27H29F3N2O4S/c1-3-34-26(33)23-16-37-13-12-32(23)15-20-6-10-22(11-7-20)36-24(25-18(2)35-17-31-25)14-19-4-8-21(9-5-19)27(28,29)30/h4-11,17,23-24H,3,12-16H2,1-2H3. The second-order valence-electron chi connectivity index (χ2n) is 8.76. The van der Waals surface area contributed by atoms with Gasteiger partial charge in [-0.1, -0.05) is 24.3 Å². The highest BCUT2D eigenvalue weighted by atomic mass is 32.2. The van der Waals surface area contributed by atoms with Crippen molar-refractivity contribution in [3.05, 3.63) is 83.1 Å². The lowest BCUT2D eigenvalue weighted by Gasteiger charge is -2.33. The van der Waals surface area contributed by atoms with Gasteiger partial charge in [0.1, 0.15) is 29.3 Å².